The van der Waals surface area contributed by atoms with E-state index in [2.05, 4.69) is 74.5 Å². The number of rotatable bonds is 31. The number of hydrogen-bond donors (Lipinski definition) is 2. The van der Waals surface area contributed by atoms with Crippen molar-refractivity contribution in [2.75, 3.05) is 0 Å². The highest BCUT2D eigenvalue weighted by Crippen LogP contribution is 2.26. The molecule has 0 amide bonds. The van der Waals surface area contributed by atoms with Crippen molar-refractivity contribution in [3.8, 4) is 22.3 Å². The normalized spacial score (nSPS) is 11.1. The zero-order valence-corrected chi connectivity index (χ0v) is 50.7. The summed E-state index contributed by atoms with van der Waals surface area (Å²) in [5.41, 5.74) is 6.62. The topological polar surface area (TPSA) is 167 Å². The molecule has 0 bridgehead atoms. The molecule has 0 unspecified atom stereocenters. The summed E-state index contributed by atoms with van der Waals surface area (Å²) >= 11 is 6.88. The zero-order valence-electron chi connectivity index (χ0n) is 47.5. The second kappa shape index (κ2) is 36.1. The number of hydrogen-bond acceptors (Lipinski definition) is 9. The smallest absolute Gasteiger partial charge is 0.423 e. The van der Waals surface area contributed by atoms with Gasteiger partial charge >= 0.3 is 7.12 Å². The van der Waals surface area contributed by atoms with Crippen LogP contribution in [0.2, 0.25) is 0 Å². The molecule has 0 saturated carbocycles. The van der Waals surface area contributed by atoms with Gasteiger partial charge in [0.2, 0.25) is 0 Å². The lowest BCUT2D eigenvalue weighted by atomic mass is 9.81. The average Bonchev–Trinajstić information content (AvgIpc) is 3.46. The second-order valence-corrected chi connectivity index (χ2v) is 22.4. The van der Waals surface area contributed by atoms with E-state index in [0.29, 0.717) is 51.7 Å². The van der Waals surface area contributed by atoms with Crippen molar-refractivity contribution in [3.05, 3.63) is 148 Å². The van der Waals surface area contributed by atoms with Crippen molar-refractivity contribution in [2.45, 2.75) is 208 Å². The third-order valence-corrected chi connectivity index (χ3v) is 15.7. The monoisotopic (exact) mass is 1210 g/mol. The molecule has 0 fully saturated rings. The Morgan fingerprint density at radius 2 is 0.620 bits per heavy atom. The molecule has 0 radical (unpaired) electrons. The Balaban J connectivity index is 0.000000258. The van der Waals surface area contributed by atoms with E-state index >= 15 is 0 Å². The van der Waals surface area contributed by atoms with Gasteiger partial charge in [0.15, 0.2) is 0 Å². The molecule has 7 heterocycles. The van der Waals surface area contributed by atoms with Gasteiger partial charge in [0, 0.05) is 74.5 Å². The van der Waals surface area contributed by atoms with E-state index in [9.17, 15) is 19.2 Å². The molecule has 7 aromatic rings. The van der Waals surface area contributed by atoms with Crippen LogP contribution in [0.4, 0.5) is 0 Å². The van der Waals surface area contributed by atoms with Crippen LogP contribution in [0.25, 0.3) is 44.3 Å². The highest BCUT2D eigenvalue weighted by Gasteiger charge is 2.19. The van der Waals surface area contributed by atoms with E-state index in [-0.39, 0.29) is 22.2 Å². The van der Waals surface area contributed by atoms with Gasteiger partial charge in [0.25, 0.3) is 22.2 Å². The minimum atomic E-state index is -1.38. The molecule has 13 nitrogen and oxygen atoms in total. The summed E-state index contributed by atoms with van der Waals surface area (Å²) in [6.45, 7) is 11.5. The Labute approximate surface area is 485 Å². The van der Waals surface area contributed by atoms with Crippen molar-refractivity contribution >= 4 is 66.5 Å². The van der Waals surface area contributed by atoms with Crippen molar-refractivity contribution < 1.29 is 10.0 Å². The molecule has 426 valence electrons. The number of aryl methyl sites for hydroxylation is 4. The lowest BCUT2D eigenvalue weighted by Crippen LogP contribution is -2.29. The van der Waals surface area contributed by atoms with E-state index in [4.69, 9.17) is 10.0 Å². The fourth-order valence-electron chi connectivity index (χ4n) is 10.0. The first-order valence-electron chi connectivity index (χ1n) is 29.5. The van der Waals surface area contributed by atoms with Crippen LogP contribution >= 0.6 is 31.9 Å². The fraction of sp³-hybridized carbons (Fsp3) is 0.508. The molecular weight excluding hydrogens is 1120 g/mol. The first kappa shape index (κ1) is 64.5. The highest BCUT2D eigenvalue weighted by atomic mass is 79.9. The van der Waals surface area contributed by atoms with Crippen LogP contribution in [0.15, 0.2) is 126 Å². The Hall–Kier alpha value is -5.29. The van der Waals surface area contributed by atoms with Gasteiger partial charge in [-0.2, -0.15) is 0 Å². The molecule has 0 aliphatic heterocycles. The molecule has 0 spiro atoms. The maximum Gasteiger partial charge on any atom is 0.488 e. The summed E-state index contributed by atoms with van der Waals surface area (Å²) < 4.78 is 8.54. The quantitative estimate of drug-likeness (QED) is 0.0317. The predicted molar refractivity (Wildman–Crippen MR) is 334 cm³/mol. The molecule has 2 N–H and O–H groups in total. The Kier molecular flexibility index (Phi) is 29.5. The van der Waals surface area contributed by atoms with Crippen LogP contribution in [-0.4, -0.2) is 50.4 Å². The van der Waals surface area contributed by atoms with Crippen LogP contribution in [0, 0.1) is 0 Å². The van der Waals surface area contributed by atoms with E-state index in [1.54, 1.807) is 36.9 Å². The average molecular weight is 1210 g/mol. The summed E-state index contributed by atoms with van der Waals surface area (Å²) in [6.07, 6.45) is 37.8. The molecule has 16 heteroatoms. The van der Waals surface area contributed by atoms with Crippen molar-refractivity contribution in [2.24, 2.45) is 0 Å². The lowest BCUT2D eigenvalue weighted by molar-refractivity contribution is 0.425. The zero-order chi connectivity index (χ0) is 56.8. The number of nitrogens with zero attached hydrogens (tertiary/aromatic N) is 7. The lowest BCUT2D eigenvalue weighted by Gasteiger charge is -2.19. The number of aromatic nitrogens is 7. The molecule has 0 saturated heterocycles. The maximum atomic E-state index is 14.0. The minimum absolute atomic E-state index is 0.0160. The number of fused-ring (bicyclic) bond motifs is 2. The minimum Gasteiger partial charge on any atom is -0.423 e. The standard InChI is InChI=1S/C34H44N4O2.C24H36Br2N2O2.C5H6BNO2/c1-3-5-7-9-11-13-23-37-31-25-30(28-17-21-36-22-18-28)34(40)38(24-14-12-10-8-6-4-2)32(31)26-29(33(37)39)27-15-19-35-20-16-27;1-3-5-7-9-11-13-15-27-21-17-20(26)24(30)28(16-14-12-10-8-6-4-2)22(21)18-19(25)23(27)29;8-6(9)5-1-3-7-4-2-5/h15-22,25-26H,3-14,23-24H2,1-2H3;17-18H,3-16H2,1-2H3;1-4,8-9H. The summed E-state index contributed by atoms with van der Waals surface area (Å²) in [5.74, 6) is 0. The highest BCUT2D eigenvalue weighted by molar-refractivity contribution is 9.10. The Morgan fingerprint density at radius 3 is 0.899 bits per heavy atom. The fourth-order valence-corrected chi connectivity index (χ4v) is 10.9. The largest absolute Gasteiger partial charge is 0.488 e. The molecule has 0 aromatic carbocycles. The van der Waals surface area contributed by atoms with Gasteiger partial charge in [-0.1, -0.05) is 156 Å². The summed E-state index contributed by atoms with van der Waals surface area (Å²) in [4.78, 5) is 65.7. The Bertz CT molecular complexity index is 2940. The van der Waals surface area contributed by atoms with Gasteiger partial charge in [0.05, 0.1) is 31.0 Å². The molecule has 0 atom stereocenters. The van der Waals surface area contributed by atoms with Crippen molar-refractivity contribution in [3.63, 3.8) is 0 Å². The van der Waals surface area contributed by atoms with Crippen LogP contribution in [-0.2, 0) is 26.2 Å². The molecule has 79 heavy (non-hydrogen) atoms. The molecule has 0 aliphatic carbocycles. The Morgan fingerprint density at radius 1 is 0.367 bits per heavy atom. The SMILES string of the molecule is CCCCCCCCn1c(=O)c(-c2ccncc2)cc2c1cc(-c1ccncc1)c(=O)n2CCCCCCCC.CCCCCCCCn1c(=O)c(Br)cc2c1cc(Br)c(=O)n2CCCCCCCC.OB(O)c1ccncc1. The molecule has 7 rings (SSSR count). The van der Waals surface area contributed by atoms with Crippen LogP contribution in [0.5, 0.6) is 0 Å². The number of pyridine rings is 7. The summed E-state index contributed by atoms with van der Waals surface area (Å²) in [7, 11) is -1.38. The third kappa shape index (κ3) is 20.0. The van der Waals surface area contributed by atoms with E-state index < -0.39 is 7.12 Å². The van der Waals surface area contributed by atoms with E-state index in [1.807, 2.05) is 66.8 Å². The van der Waals surface area contributed by atoms with Crippen LogP contribution in [0.3, 0.4) is 0 Å². The van der Waals surface area contributed by atoms with Crippen LogP contribution < -0.4 is 27.7 Å². The van der Waals surface area contributed by atoms with Gasteiger partial charge in [0.1, 0.15) is 0 Å². The van der Waals surface area contributed by atoms with Gasteiger partial charge in [-0.25, -0.2) is 0 Å². The van der Waals surface area contributed by atoms with Gasteiger partial charge in [-0.15, -0.1) is 0 Å². The summed E-state index contributed by atoms with van der Waals surface area (Å²) in [5, 5.41) is 17.1. The van der Waals surface area contributed by atoms with Crippen molar-refractivity contribution in [1.82, 2.24) is 33.2 Å². The predicted octanol–water partition coefficient (Wildman–Crippen LogP) is 14.2. The molecule has 7 aromatic heterocycles. The third-order valence-electron chi connectivity index (χ3n) is 14.6. The van der Waals surface area contributed by atoms with Gasteiger partial charge in [-0.05, 0) is 135 Å². The number of unbranched alkanes of at least 4 members (excludes halogenated alkanes) is 20. The van der Waals surface area contributed by atoms with Crippen LogP contribution in [0.1, 0.15) is 182 Å². The number of halogens is 2. The van der Waals surface area contributed by atoms with Gasteiger partial charge < -0.3 is 28.3 Å². The first-order chi connectivity index (χ1) is 38.5. The van der Waals surface area contributed by atoms with Gasteiger partial charge in [-0.3, -0.25) is 34.1 Å². The van der Waals surface area contributed by atoms with E-state index in [0.717, 1.165) is 84.6 Å². The van der Waals surface area contributed by atoms with Crippen molar-refractivity contribution in [1.29, 1.82) is 0 Å². The molecule has 0 aliphatic rings. The molecular formula is C63H86BBr2N7O6. The maximum absolute atomic E-state index is 14.0. The van der Waals surface area contributed by atoms with E-state index in [1.165, 1.54) is 115 Å². The summed E-state index contributed by atoms with van der Waals surface area (Å²) in [6, 6.07) is 18.1. The second-order valence-electron chi connectivity index (χ2n) is 20.7. The first-order valence-corrected chi connectivity index (χ1v) is 31.1.